The maximum atomic E-state index is 5.93. The molecule has 140 valence electrons. The highest BCUT2D eigenvalue weighted by atomic mass is 16.5. The number of aliphatic imine (C=N–C) groups is 1. The van der Waals surface area contributed by atoms with Gasteiger partial charge in [-0.05, 0) is 48.2 Å². The van der Waals surface area contributed by atoms with Gasteiger partial charge in [-0.3, -0.25) is 0 Å². The Morgan fingerprint density at radius 2 is 1.62 bits per heavy atom. The lowest BCUT2D eigenvalue weighted by atomic mass is 10.1. The number of ether oxygens (including phenoxy) is 3. The highest BCUT2D eigenvalue weighted by molar-refractivity contribution is 5.77. The zero-order valence-electron chi connectivity index (χ0n) is 15.6. The summed E-state index contributed by atoms with van der Waals surface area (Å²) in [4.78, 5) is 4.36. The normalized spacial score (nSPS) is 11.1. The maximum Gasteiger partial charge on any atom is 0.188 e. The fourth-order valence-electron chi connectivity index (χ4n) is 2.51. The summed E-state index contributed by atoms with van der Waals surface area (Å²) in [6, 6.07) is 13.8. The molecule has 6 heteroatoms. The van der Waals surface area contributed by atoms with Crippen molar-refractivity contribution >= 4 is 5.96 Å². The minimum atomic E-state index is 0.439. The van der Waals surface area contributed by atoms with Gasteiger partial charge in [0.2, 0.25) is 0 Å². The van der Waals surface area contributed by atoms with E-state index in [0.29, 0.717) is 24.0 Å². The van der Waals surface area contributed by atoms with Crippen LogP contribution in [0.25, 0.3) is 0 Å². The van der Waals surface area contributed by atoms with Crippen LogP contribution in [0.15, 0.2) is 47.5 Å². The second kappa shape index (κ2) is 10.2. The number of nitrogens with zero attached hydrogens (tertiary/aromatic N) is 1. The molecule has 0 aliphatic carbocycles. The van der Waals surface area contributed by atoms with Crippen LogP contribution < -0.4 is 25.3 Å². The predicted octanol–water partition coefficient (Wildman–Crippen LogP) is 2.75. The number of nitrogens with one attached hydrogen (secondary N) is 1. The van der Waals surface area contributed by atoms with E-state index >= 15 is 0 Å². The SMILES string of the molecule is COc1ccc(CCCNC(N)=NCc2ccc(OC)c(OC)c2)cc1. The van der Waals surface area contributed by atoms with E-state index in [4.69, 9.17) is 19.9 Å². The van der Waals surface area contributed by atoms with Gasteiger partial charge < -0.3 is 25.3 Å². The first-order valence-corrected chi connectivity index (χ1v) is 8.54. The zero-order valence-corrected chi connectivity index (χ0v) is 15.6. The molecule has 2 rings (SSSR count). The van der Waals surface area contributed by atoms with Gasteiger partial charge in [0.25, 0.3) is 0 Å². The summed E-state index contributed by atoms with van der Waals surface area (Å²) >= 11 is 0. The number of hydrogen-bond acceptors (Lipinski definition) is 4. The number of methoxy groups -OCH3 is 3. The topological polar surface area (TPSA) is 78.1 Å². The maximum absolute atomic E-state index is 5.93. The molecule has 0 saturated carbocycles. The van der Waals surface area contributed by atoms with Crippen LogP contribution in [-0.4, -0.2) is 33.8 Å². The zero-order chi connectivity index (χ0) is 18.8. The molecule has 0 aromatic heterocycles. The Labute approximate surface area is 155 Å². The van der Waals surface area contributed by atoms with Crippen LogP contribution in [0.5, 0.6) is 17.2 Å². The molecule has 26 heavy (non-hydrogen) atoms. The van der Waals surface area contributed by atoms with Gasteiger partial charge in [-0.2, -0.15) is 0 Å². The van der Waals surface area contributed by atoms with Crippen LogP contribution in [0.2, 0.25) is 0 Å². The summed E-state index contributed by atoms with van der Waals surface area (Å²) < 4.78 is 15.7. The summed E-state index contributed by atoms with van der Waals surface area (Å²) in [5.74, 6) is 2.70. The van der Waals surface area contributed by atoms with Crippen LogP contribution >= 0.6 is 0 Å². The third kappa shape index (κ3) is 5.88. The quantitative estimate of drug-likeness (QED) is 0.410. The molecule has 2 aromatic rings. The van der Waals surface area contributed by atoms with Crippen LogP contribution in [0.1, 0.15) is 17.5 Å². The van der Waals surface area contributed by atoms with E-state index in [1.165, 1.54) is 5.56 Å². The monoisotopic (exact) mass is 357 g/mol. The van der Waals surface area contributed by atoms with Crippen molar-refractivity contribution in [1.82, 2.24) is 5.32 Å². The third-order valence-corrected chi connectivity index (χ3v) is 3.99. The van der Waals surface area contributed by atoms with Gasteiger partial charge in [-0.1, -0.05) is 18.2 Å². The second-order valence-corrected chi connectivity index (χ2v) is 5.77. The molecule has 0 spiro atoms. The number of nitrogens with two attached hydrogens (primary N) is 1. The fraction of sp³-hybridized carbons (Fsp3) is 0.350. The smallest absolute Gasteiger partial charge is 0.188 e. The minimum Gasteiger partial charge on any atom is -0.497 e. The first kappa shape index (κ1) is 19.4. The highest BCUT2D eigenvalue weighted by Crippen LogP contribution is 2.27. The number of hydrogen-bond donors (Lipinski definition) is 2. The first-order chi connectivity index (χ1) is 12.7. The Morgan fingerprint density at radius 3 is 2.27 bits per heavy atom. The van der Waals surface area contributed by atoms with Gasteiger partial charge >= 0.3 is 0 Å². The number of guanidine groups is 1. The Bertz CT molecular complexity index is 715. The Balaban J connectivity index is 1.75. The molecule has 0 radical (unpaired) electrons. The molecule has 6 nitrogen and oxygen atoms in total. The average Bonchev–Trinajstić information content (AvgIpc) is 2.69. The summed E-state index contributed by atoms with van der Waals surface area (Å²) in [5.41, 5.74) is 8.21. The molecule has 0 fully saturated rings. The summed E-state index contributed by atoms with van der Waals surface area (Å²) in [7, 11) is 4.90. The van der Waals surface area contributed by atoms with Crippen LogP contribution in [0.3, 0.4) is 0 Å². The summed E-state index contributed by atoms with van der Waals surface area (Å²) in [6.45, 7) is 1.25. The van der Waals surface area contributed by atoms with E-state index in [2.05, 4.69) is 22.4 Å². The Morgan fingerprint density at radius 1 is 0.923 bits per heavy atom. The van der Waals surface area contributed by atoms with E-state index < -0.39 is 0 Å². The van der Waals surface area contributed by atoms with Crippen molar-refractivity contribution in [3.8, 4) is 17.2 Å². The molecular formula is C20H27N3O3. The predicted molar refractivity (Wildman–Crippen MR) is 104 cm³/mol. The van der Waals surface area contributed by atoms with Crippen LogP contribution in [0, 0.1) is 0 Å². The van der Waals surface area contributed by atoms with E-state index in [-0.39, 0.29) is 0 Å². The van der Waals surface area contributed by atoms with Crippen molar-refractivity contribution in [2.75, 3.05) is 27.9 Å². The second-order valence-electron chi connectivity index (χ2n) is 5.77. The van der Waals surface area contributed by atoms with Crippen molar-refractivity contribution in [2.45, 2.75) is 19.4 Å². The highest BCUT2D eigenvalue weighted by Gasteiger charge is 2.04. The van der Waals surface area contributed by atoms with Crippen LogP contribution in [-0.2, 0) is 13.0 Å². The van der Waals surface area contributed by atoms with Gasteiger partial charge in [-0.15, -0.1) is 0 Å². The molecule has 3 N–H and O–H groups in total. The molecule has 0 aliphatic heterocycles. The summed E-state index contributed by atoms with van der Waals surface area (Å²) in [6.07, 6.45) is 1.94. The van der Waals surface area contributed by atoms with Crippen molar-refractivity contribution in [2.24, 2.45) is 10.7 Å². The standard InChI is InChI=1S/C20H27N3O3/c1-24-17-9-6-15(7-10-17)5-4-12-22-20(21)23-14-16-8-11-18(25-2)19(13-16)26-3/h6-11,13H,4-5,12,14H2,1-3H3,(H3,21,22,23). The minimum absolute atomic E-state index is 0.439. The molecule has 0 aliphatic rings. The summed E-state index contributed by atoms with van der Waals surface area (Å²) in [5, 5.41) is 3.14. The molecule has 0 atom stereocenters. The van der Waals surface area contributed by atoms with Gasteiger partial charge in [-0.25, -0.2) is 4.99 Å². The van der Waals surface area contributed by atoms with Gasteiger partial charge in [0.1, 0.15) is 5.75 Å². The van der Waals surface area contributed by atoms with Crippen molar-refractivity contribution < 1.29 is 14.2 Å². The van der Waals surface area contributed by atoms with Crippen molar-refractivity contribution in [3.05, 3.63) is 53.6 Å². The lowest BCUT2D eigenvalue weighted by Gasteiger charge is -2.09. The number of aryl methyl sites for hydroxylation is 1. The molecule has 2 aromatic carbocycles. The molecule has 0 heterocycles. The average molecular weight is 357 g/mol. The number of benzene rings is 2. The third-order valence-electron chi connectivity index (χ3n) is 3.99. The molecule has 0 amide bonds. The van der Waals surface area contributed by atoms with E-state index in [9.17, 15) is 0 Å². The molecular weight excluding hydrogens is 330 g/mol. The lowest BCUT2D eigenvalue weighted by molar-refractivity contribution is 0.354. The van der Waals surface area contributed by atoms with Crippen molar-refractivity contribution in [1.29, 1.82) is 0 Å². The van der Waals surface area contributed by atoms with E-state index in [1.54, 1.807) is 21.3 Å². The molecule has 0 unspecified atom stereocenters. The van der Waals surface area contributed by atoms with Gasteiger partial charge in [0.15, 0.2) is 17.5 Å². The Kier molecular flexibility index (Phi) is 7.61. The largest absolute Gasteiger partial charge is 0.497 e. The van der Waals surface area contributed by atoms with E-state index in [1.807, 2.05) is 30.3 Å². The van der Waals surface area contributed by atoms with Gasteiger partial charge in [0, 0.05) is 6.54 Å². The fourth-order valence-corrected chi connectivity index (χ4v) is 2.51. The van der Waals surface area contributed by atoms with Gasteiger partial charge in [0.05, 0.1) is 27.9 Å². The van der Waals surface area contributed by atoms with Crippen LogP contribution in [0.4, 0.5) is 0 Å². The number of rotatable bonds is 9. The van der Waals surface area contributed by atoms with Crippen molar-refractivity contribution in [3.63, 3.8) is 0 Å². The Hall–Kier alpha value is -2.89. The first-order valence-electron chi connectivity index (χ1n) is 8.54. The van der Waals surface area contributed by atoms with E-state index in [0.717, 1.165) is 30.7 Å². The lowest BCUT2D eigenvalue weighted by Crippen LogP contribution is -2.32. The molecule has 0 bridgehead atoms. The molecule has 0 saturated heterocycles.